The van der Waals surface area contributed by atoms with Gasteiger partial charge in [-0.1, -0.05) is 6.92 Å². The highest BCUT2D eigenvalue weighted by molar-refractivity contribution is 5.76. The fourth-order valence-electron chi connectivity index (χ4n) is 0.677. The Hall–Kier alpha value is -1.14. The van der Waals surface area contributed by atoms with E-state index in [2.05, 4.69) is 0 Å². The summed E-state index contributed by atoms with van der Waals surface area (Å²) < 4.78 is 4.72. The zero-order valence-corrected chi connectivity index (χ0v) is 8.60. The number of esters is 1. The van der Waals surface area contributed by atoms with Gasteiger partial charge in [-0.25, -0.2) is 0 Å². The molecule has 0 amide bonds. The first-order valence-corrected chi connectivity index (χ1v) is 4.52. The molecule has 0 bridgehead atoms. The molecule has 0 aliphatic rings. The van der Waals surface area contributed by atoms with Crippen LogP contribution in [0, 0.1) is 5.41 Å². The molecule has 0 radical (unpaired) electrons. The van der Waals surface area contributed by atoms with E-state index in [0.717, 1.165) is 0 Å². The molecule has 0 saturated heterocycles. The third-order valence-corrected chi connectivity index (χ3v) is 1.89. The van der Waals surface area contributed by atoms with Crippen LogP contribution in [0.5, 0.6) is 0 Å². The van der Waals surface area contributed by atoms with E-state index in [1.54, 1.807) is 6.92 Å². The Labute approximate surface area is 87.5 Å². The predicted molar refractivity (Wildman–Crippen MR) is 50.1 cm³/mol. The molecule has 3 N–H and O–H groups in total. The molecule has 0 aromatic rings. The van der Waals surface area contributed by atoms with Gasteiger partial charge in [-0.2, -0.15) is 0 Å². The summed E-state index contributed by atoms with van der Waals surface area (Å²) in [6.45, 7) is 0.807. The minimum atomic E-state index is -1.07. The molecule has 6 nitrogen and oxygen atoms in total. The summed E-state index contributed by atoms with van der Waals surface area (Å²) in [5.41, 5.74) is -0.876. The van der Waals surface area contributed by atoms with Crippen LogP contribution in [-0.4, -0.2) is 47.1 Å². The Bertz CT molecular complexity index is 221. The second-order valence-corrected chi connectivity index (χ2v) is 3.68. The molecule has 15 heavy (non-hydrogen) atoms. The van der Waals surface area contributed by atoms with Gasteiger partial charge in [0.1, 0.15) is 6.61 Å². The van der Waals surface area contributed by atoms with Crippen molar-refractivity contribution in [2.24, 2.45) is 5.41 Å². The van der Waals surface area contributed by atoms with Crippen molar-refractivity contribution < 1.29 is 29.6 Å². The number of carbonyl (C=O) groups is 2. The quantitative estimate of drug-likeness (QED) is 0.494. The van der Waals surface area contributed by atoms with Crippen molar-refractivity contribution in [2.75, 3.05) is 19.8 Å². The first-order chi connectivity index (χ1) is 6.93. The number of aliphatic carboxylic acids is 1. The van der Waals surface area contributed by atoms with E-state index in [9.17, 15) is 9.59 Å². The molecule has 0 rings (SSSR count). The smallest absolute Gasteiger partial charge is 0.306 e. The molecule has 0 atom stereocenters. The fourth-order valence-corrected chi connectivity index (χ4v) is 0.677. The highest BCUT2D eigenvalue weighted by Crippen LogP contribution is 2.14. The molecule has 0 aromatic carbocycles. The first kappa shape index (κ1) is 13.9. The van der Waals surface area contributed by atoms with E-state index in [0.29, 0.717) is 0 Å². The lowest BCUT2D eigenvalue weighted by atomic mass is 9.94. The van der Waals surface area contributed by atoms with Gasteiger partial charge < -0.3 is 20.1 Å². The zero-order valence-electron chi connectivity index (χ0n) is 8.60. The monoisotopic (exact) mass is 220 g/mol. The maximum atomic E-state index is 11.0. The van der Waals surface area contributed by atoms with Crippen LogP contribution in [0.3, 0.4) is 0 Å². The Morgan fingerprint density at radius 1 is 1.20 bits per heavy atom. The Kier molecular flexibility index (Phi) is 5.88. The maximum Gasteiger partial charge on any atom is 0.306 e. The van der Waals surface area contributed by atoms with Crippen LogP contribution < -0.4 is 0 Å². The van der Waals surface area contributed by atoms with E-state index in [1.165, 1.54) is 0 Å². The van der Waals surface area contributed by atoms with Crippen LogP contribution in [0.25, 0.3) is 0 Å². The first-order valence-electron chi connectivity index (χ1n) is 4.52. The van der Waals surface area contributed by atoms with Gasteiger partial charge in [-0.05, 0) is 0 Å². The molecule has 0 fully saturated rings. The summed E-state index contributed by atoms with van der Waals surface area (Å²) >= 11 is 0. The van der Waals surface area contributed by atoms with Crippen molar-refractivity contribution in [3.05, 3.63) is 0 Å². The van der Waals surface area contributed by atoms with E-state index in [1.807, 2.05) is 0 Å². The summed E-state index contributed by atoms with van der Waals surface area (Å²) in [6, 6.07) is 0. The van der Waals surface area contributed by atoms with Crippen LogP contribution in [0.15, 0.2) is 0 Å². The molecule has 0 saturated carbocycles. The van der Waals surface area contributed by atoms with Gasteiger partial charge in [0, 0.05) is 5.41 Å². The Morgan fingerprint density at radius 2 is 1.73 bits per heavy atom. The van der Waals surface area contributed by atoms with Crippen LogP contribution >= 0.6 is 0 Å². The Balaban J connectivity index is 3.84. The number of carboxylic acids is 1. The van der Waals surface area contributed by atoms with Crippen LogP contribution in [-0.2, 0) is 14.3 Å². The largest absolute Gasteiger partial charge is 0.481 e. The van der Waals surface area contributed by atoms with Crippen molar-refractivity contribution >= 4 is 11.9 Å². The van der Waals surface area contributed by atoms with Gasteiger partial charge in [-0.3, -0.25) is 9.59 Å². The maximum absolute atomic E-state index is 11.0. The lowest BCUT2D eigenvalue weighted by Crippen LogP contribution is -2.32. The molecule has 0 aliphatic carbocycles. The van der Waals surface area contributed by atoms with Crippen molar-refractivity contribution in [1.82, 2.24) is 0 Å². The summed E-state index contributed by atoms with van der Waals surface area (Å²) in [6.07, 6.45) is -0.490. The standard InChI is InChI=1S/C9H16O6/c1-9(4-10,5-11)6-15-8(14)3-2-7(12)13/h10-11H,2-6H2,1H3,(H,12,13). The van der Waals surface area contributed by atoms with Gasteiger partial charge in [0.2, 0.25) is 0 Å². The molecule has 0 unspecified atom stereocenters. The van der Waals surface area contributed by atoms with Crippen molar-refractivity contribution in [3.8, 4) is 0 Å². The van der Waals surface area contributed by atoms with Crippen molar-refractivity contribution in [1.29, 1.82) is 0 Å². The minimum Gasteiger partial charge on any atom is -0.481 e. The van der Waals surface area contributed by atoms with Gasteiger partial charge in [0.25, 0.3) is 0 Å². The molecular formula is C9H16O6. The van der Waals surface area contributed by atoms with Gasteiger partial charge in [-0.15, -0.1) is 0 Å². The van der Waals surface area contributed by atoms with Crippen LogP contribution in [0.2, 0.25) is 0 Å². The lowest BCUT2D eigenvalue weighted by Gasteiger charge is -2.23. The molecule has 0 heterocycles. The van der Waals surface area contributed by atoms with Crippen LogP contribution in [0.4, 0.5) is 0 Å². The number of rotatable bonds is 7. The highest BCUT2D eigenvalue weighted by Gasteiger charge is 2.24. The third-order valence-electron chi connectivity index (χ3n) is 1.89. The SMILES string of the molecule is CC(CO)(CO)COC(=O)CCC(=O)O. The summed E-state index contributed by atoms with van der Waals surface area (Å²) in [5, 5.41) is 26.0. The van der Waals surface area contributed by atoms with Crippen molar-refractivity contribution in [3.63, 3.8) is 0 Å². The number of aliphatic hydroxyl groups excluding tert-OH is 2. The fraction of sp³-hybridized carbons (Fsp3) is 0.778. The number of hydrogen-bond donors (Lipinski definition) is 3. The second-order valence-electron chi connectivity index (χ2n) is 3.68. The van der Waals surface area contributed by atoms with Gasteiger partial charge in [0.15, 0.2) is 0 Å². The average molecular weight is 220 g/mol. The number of hydrogen-bond acceptors (Lipinski definition) is 5. The van der Waals surface area contributed by atoms with Crippen molar-refractivity contribution in [2.45, 2.75) is 19.8 Å². The third kappa shape index (κ3) is 6.03. The normalized spacial score (nSPS) is 11.1. The number of aliphatic hydroxyl groups is 2. The Morgan fingerprint density at radius 3 is 2.13 bits per heavy atom. The number of carboxylic acid groups (broad SMARTS) is 1. The molecule has 88 valence electrons. The van der Waals surface area contributed by atoms with E-state index in [-0.39, 0.29) is 32.7 Å². The van der Waals surface area contributed by atoms with Gasteiger partial charge >= 0.3 is 11.9 Å². The number of ether oxygens (including phenoxy) is 1. The molecular weight excluding hydrogens is 204 g/mol. The average Bonchev–Trinajstić information content (AvgIpc) is 2.23. The van der Waals surface area contributed by atoms with E-state index >= 15 is 0 Å². The number of carbonyl (C=O) groups excluding carboxylic acids is 1. The highest BCUT2D eigenvalue weighted by atomic mass is 16.5. The van der Waals surface area contributed by atoms with Crippen LogP contribution in [0.1, 0.15) is 19.8 Å². The molecule has 6 heteroatoms. The van der Waals surface area contributed by atoms with E-state index in [4.69, 9.17) is 20.1 Å². The van der Waals surface area contributed by atoms with E-state index < -0.39 is 17.4 Å². The molecule has 0 spiro atoms. The minimum absolute atomic E-state index is 0.127. The summed E-state index contributed by atoms with van der Waals surface area (Å²) in [4.78, 5) is 21.1. The summed E-state index contributed by atoms with van der Waals surface area (Å²) in [7, 11) is 0. The zero-order chi connectivity index (χ0) is 11.9. The summed E-state index contributed by atoms with van der Waals surface area (Å²) in [5.74, 6) is -1.72. The molecule has 0 aromatic heterocycles. The second kappa shape index (κ2) is 6.36. The molecule has 0 aliphatic heterocycles. The predicted octanol–water partition coefficient (Wildman–Crippen LogP) is -0.615. The van der Waals surface area contributed by atoms with Gasteiger partial charge in [0.05, 0.1) is 26.1 Å². The lowest BCUT2D eigenvalue weighted by molar-refractivity contribution is -0.151. The topological polar surface area (TPSA) is 104 Å².